The monoisotopic (exact) mass is 373 g/mol. The van der Waals surface area contributed by atoms with E-state index in [0.29, 0.717) is 11.1 Å². The van der Waals surface area contributed by atoms with E-state index in [9.17, 15) is 4.79 Å². The smallest absolute Gasteiger partial charge is 0.408 e. The van der Waals surface area contributed by atoms with E-state index in [0.717, 1.165) is 34.6 Å². The van der Waals surface area contributed by atoms with E-state index in [2.05, 4.69) is 41.4 Å². The fraction of sp³-hybridized carbons (Fsp3) is 0.0870. The molecule has 0 saturated carbocycles. The Balaban J connectivity index is 1.77. The number of oxazole rings is 1. The zero-order valence-electron chi connectivity index (χ0n) is 14.5. The number of benzene rings is 3. The first kappa shape index (κ1) is 16.2. The number of halogens is 1. The Hall–Kier alpha value is -3.04. The van der Waals surface area contributed by atoms with Crippen LogP contribution in [0.3, 0.4) is 0 Å². The first-order valence-corrected chi connectivity index (χ1v) is 9.27. The van der Waals surface area contributed by atoms with Crippen molar-refractivity contribution in [2.45, 2.75) is 12.8 Å². The number of fused-ring (bicyclic) bond motifs is 3. The normalized spacial score (nSPS) is 14.8. The maximum absolute atomic E-state index is 11.4. The molecule has 3 nitrogen and oxygen atoms in total. The summed E-state index contributed by atoms with van der Waals surface area (Å²) in [5, 5.41) is 0.806. The van der Waals surface area contributed by atoms with Crippen LogP contribution in [0.2, 0.25) is 5.02 Å². The Morgan fingerprint density at radius 1 is 0.963 bits per heavy atom. The van der Waals surface area contributed by atoms with Gasteiger partial charge in [-0.2, -0.15) is 0 Å². The van der Waals surface area contributed by atoms with Crippen LogP contribution in [0.25, 0.3) is 22.7 Å². The zero-order valence-corrected chi connectivity index (χ0v) is 15.2. The molecule has 0 radical (unpaired) electrons. The van der Waals surface area contributed by atoms with Gasteiger partial charge in [0.25, 0.3) is 0 Å². The van der Waals surface area contributed by atoms with Crippen molar-refractivity contribution in [3.05, 3.63) is 104 Å². The molecule has 0 atom stereocenters. The van der Waals surface area contributed by atoms with E-state index >= 15 is 0 Å². The number of H-pyrrole nitrogens is 1. The highest BCUT2D eigenvalue weighted by Crippen LogP contribution is 2.37. The number of nitrogens with one attached hydrogen (secondary N) is 1. The SMILES string of the molecule is O=c1[nH]c2cc(C=C3c4ccccc4CCc4c(Cl)cccc43)ccc2o1. The molecule has 0 aliphatic heterocycles. The third-order valence-electron chi connectivity index (χ3n) is 5.11. The fourth-order valence-electron chi connectivity index (χ4n) is 3.85. The number of hydrogen-bond acceptors (Lipinski definition) is 2. The Labute approximate surface area is 160 Å². The van der Waals surface area contributed by atoms with Gasteiger partial charge in [-0.3, -0.25) is 4.98 Å². The predicted molar refractivity (Wildman–Crippen MR) is 109 cm³/mol. The Morgan fingerprint density at radius 3 is 2.74 bits per heavy atom. The molecule has 3 aromatic carbocycles. The number of aromatic amines is 1. The molecule has 1 aliphatic carbocycles. The minimum atomic E-state index is -0.438. The Kier molecular flexibility index (Phi) is 3.76. The molecular weight excluding hydrogens is 358 g/mol. The molecule has 4 heteroatoms. The fourth-order valence-corrected chi connectivity index (χ4v) is 4.12. The Morgan fingerprint density at radius 2 is 1.81 bits per heavy atom. The highest BCUT2D eigenvalue weighted by Gasteiger charge is 2.19. The molecule has 1 aliphatic rings. The van der Waals surface area contributed by atoms with E-state index in [-0.39, 0.29) is 0 Å². The number of rotatable bonds is 1. The van der Waals surface area contributed by atoms with Crippen molar-refractivity contribution in [2.24, 2.45) is 0 Å². The zero-order chi connectivity index (χ0) is 18.4. The lowest BCUT2D eigenvalue weighted by Gasteiger charge is -2.13. The summed E-state index contributed by atoms with van der Waals surface area (Å²) in [4.78, 5) is 14.2. The molecule has 0 unspecified atom stereocenters. The topological polar surface area (TPSA) is 46.0 Å². The number of aryl methyl sites for hydroxylation is 1. The van der Waals surface area contributed by atoms with Gasteiger partial charge in [-0.1, -0.05) is 54.1 Å². The standard InChI is InChI=1S/C23H16ClNO2/c24-20-7-3-6-17-18(20)10-9-15-4-1-2-5-16(15)19(17)12-14-8-11-22-21(13-14)25-23(26)27-22/h1-8,11-13H,9-10H2,(H,25,26). The van der Waals surface area contributed by atoms with Crippen molar-refractivity contribution in [3.8, 4) is 0 Å². The summed E-state index contributed by atoms with van der Waals surface area (Å²) in [6, 6.07) is 20.3. The molecule has 4 aromatic rings. The molecule has 0 amide bonds. The van der Waals surface area contributed by atoms with Gasteiger partial charge in [0.05, 0.1) is 5.52 Å². The van der Waals surface area contributed by atoms with Crippen molar-refractivity contribution < 1.29 is 4.42 Å². The van der Waals surface area contributed by atoms with Gasteiger partial charge in [-0.05, 0) is 70.5 Å². The lowest BCUT2D eigenvalue weighted by Crippen LogP contribution is -1.94. The first-order valence-electron chi connectivity index (χ1n) is 8.90. The lowest BCUT2D eigenvalue weighted by molar-refractivity contribution is 0.555. The molecular formula is C23H16ClNO2. The molecule has 0 saturated heterocycles. The van der Waals surface area contributed by atoms with Gasteiger partial charge in [0.1, 0.15) is 0 Å². The van der Waals surface area contributed by atoms with Crippen LogP contribution in [-0.4, -0.2) is 4.98 Å². The second-order valence-electron chi connectivity index (χ2n) is 6.75. The van der Waals surface area contributed by atoms with Crippen LogP contribution in [0, 0.1) is 0 Å². The van der Waals surface area contributed by atoms with Gasteiger partial charge in [0.2, 0.25) is 0 Å². The molecule has 1 aromatic heterocycles. The largest absolute Gasteiger partial charge is 0.417 e. The summed E-state index contributed by atoms with van der Waals surface area (Å²) < 4.78 is 5.11. The highest BCUT2D eigenvalue weighted by molar-refractivity contribution is 6.31. The summed E-state index contributed by atoms with van der Waals surface area (Å²) in [6.45, 7) is 0. The van der Waals surface area contributed by atoms with Crippen molar-refractivity contribution in [1.29, 1.82) is 0 Å². The van der Waals surface area contributed by atoms with Crippen LogP contribution in [0.15, 0.2) is 69.9 Å². The van der Waals surface area contributed by atoms with Crippen molar-refractivity contribution in [1.82, 2.24) is 4.98 Å². The van der Waals surface area contributed by atoms with Gasteiger partial charge in [0, 0.05) is 5.02 Å². The molecule has 132 valence electrons. The lowest BCUT2D eigenvalue weighted by atomic mass is 9.92. The molecule has 1 N–H and O–H groups in total. The quantitative estimate of drug-likeness (QED) is 0.481. The maximum Gasteiger partial charge on any atom is 0.417 e. The molecule has 0 fully saturated rings. The van der Waals surface area contributed by atoms with E-state index in [1.54, 1.807) is 0 Å². The molecule has 0 bridgehead atoms. The molecule has 1 heterocycles. The summed E-state index contributed by atoms with van der Waals surface area (Å²) in [5.41, 5.74) is 8.28. The average molecular weight is 374 g/mol. The van der Waals surface area contributed by atoms with Gasteiger partial charge >= 0.3 is 5.76 Å². The van der Waals surface area contributed by atoms with Crippen LogP contribution < -0.4 is 5.76 Å². The van der Waals surface area contributed by atoms with Crippen LogP contribution in [0.1, 0.15) is 27.8 Å². The third kappa shape index (κ3) is 2.81. The highest BCUT2D eigenvalue weighted by atomic mass is 35.5. The summed E-state index contributed by atoms with van der Waals surface area (Å²) in [6.07, 6.45) is 4.03. The van der Waals surface area contributed by atoms with E-state index < -0.39 is 5.76 Å². The average Bonchev–Trinajstić information content (AvgIpc) is 2.96. The van der Waals surface area contributed by atoms with Crippen LogP contribution >= 0.6 is 11.6 Å². The van der Waals surface area contributed by atoms with Crippen LogP contribution in [-0.2, 0) is 12.8 Å². The molecule has 0 spiro atoms. The second kappa shape index (κ2) is 6.29. The van der Waals surface area contributed by atoms with Crippen LogP contribution in [0.4, 0.5) is 0 Å². The summed E-state index contributed by atoms with van der Waals surface area (Å²) in [5.74, 6) is -0.438. The van der Waals surface area contributed by atoms with E-state index in [4.69, 9.17) is 16.0 Å². The molecule has 5 rings (SSSR count). The Bertz CT molecular complexity index is 1260. The first-order chi connectivity index (χ1) is 13.2. The van der Waals surface area contributed by atoms with Crippen molar-refractivity contribution >= 4 is 34.3 Å². The van der Waals surface area contributed by atoms with Crippen LogP contribution in [0.5, 0.6) is 0 Å². The summed E-state index contributed by atoms with van der Waals surface area (Å²) in [7, 11) is 0. The van der Waals surface area contributed by atoms with Crippen molar-refractivity contribution in [3.63, 3.8) is 0 Å². The maximum atomic E-state index is 11.4. The van der Waals surface area contributed by atoms with Gasteiger partial charge in [-0.15, -0.1) is 0 Å². The third-order valence-corrected chi connectivity index (χ3v) is 5.47. The van der Waals surface area contributed by atoms with Gasteiger partial charge < -0.3 is 4.42 Å². The minimum Gasteiger partial charge on any atom is -0.408 e. The molecule has 27 heavy (non-hydrogen) atoms. The predicted octanol–water partition coefficient (Wildman–Crippen LogP) is 5.46. The second-order valence-corrected chi connectivity index (χ2v) is 7.16. The summed E-state index contributed by atoms with van der Waals surface area (Å²) >= 11 is 6.53. The van der Waals surface area contributed by atoms with E-state index in [1.165, 1.54) is 16.7 Å². The van der Waals surface area contributed by atoms with E-state index in [1.807, 2.05) is 30.3 Å². The van der Waals surface area contributed by atoms with Gasteiger partial charge in [0.15, 0.2) is 5.58 Å². The van der Waals surface area contributed by atoms with Crippen molar-refractivity contribution in [2.75, 3.05) is 0 Å². The van der Waals surface area contributed by atoms with Gasteiger partial charge in [-0.25, -0.2) is 4.79 Å². The minimum absolute atomic E-state index is 0.438. The number of hydrogen-bond donors (Lipinski definition) is 1. The number of aromatic nitrogens is 1.